The van der Waals surface area contributed by atoms with Gasteiger partial charge in [-0.15, -0.1) is 0 Å². The first-order valence-electron chi connectivity index (χ1n) is 10.2. The molecule has 2 heterocycles. The summed E-state index contributed by atoms with van der Waals surface area (Å²) in [5.74, 6) is 1.20. The maximum atomic E-state index is 12.2. The molecule has 1 aliphatic rings. The normalized spacial score (nSPS) is 15.9. The van der Waals surface area contributed by atoms with Gasteiger partial charge in [0.1, 0.15) is 11.6 Å². The Labute approximate surface area is 168 Å². The Balaban J connectivity index is 1.63. The van der Waals surface area contributed by atoms with Crippen LogP contribution in [0.5, 0.6) is 0 Å². The molecule has 0 radical (unpaired) electrons. The van der Waals surface area contributed by atoms with Crippen molar-refractivity contribution in [1.82, 2.24) is 14.9 Å². The van der Waals surface area contributed by atoms with Crippen LogP contribution in [0.2, 0.25) is 0 Å². The van der Waals surface area contributed by atoms with Crippen molar-refractivity contribution in [2.24, 2.45) is 5.41 Å². The van der Waals surface area contributed by atoms with Crippen molar-refractivity contribution in [2.45, 2.75) is 47.1 Å². The van der Waals surface area contributed by atoms with E-state index in [4.69, 9.17) is 0 Å². The number of anilines is 1. The lowest BCUT2D eigenvalue weighted by Gasteiger charge is -2.37. The van der Waals surface area contributed by atoms with Crippen LogP contribution in [0.4, 0.5) is 5.82 Å². The van der Waals surface area contributed by atoms with Crippen molar-refractivity contribution in [2.75, 3.05) is 31.1 Å². The lowest BCUT2D eigenvalue weighted by Crippen LogP contribution is -2.49. The summed E-state index contributed by atoms with van der Waals surface area (Å²) in [5, 5.41) is 0. The molecule has 5 nitrogen and oxygen atoms in total. The van der Waals surface area contributed by atoms with E-state index in [1.165, 1.54) is 0 Å². The largest absolute Gasteiger partial charge is 0.353 e. The topological polar surface area (TPSA) is 49.3 Å². The van der Waals surface area contributed by atoms with Crippen molar-refractivity contribution < 1.29 is 4.79 Å². The third kappa shape index (κ3) is 4.96. The van der Waals surface area contributed by atoms with Gasteiger partial charge in [-0.05, 0) is 19.4 Å². The van der Waals surface area contributed by atoms with Crippen LogP contribution in [0.1, 0.15) is 40.2 Å². The monoisotopic (exact) mass is 380 g/mol. The predicted molar refractivity (Wildman–Crippen MR) is 115 cm³/mol. The maximum absolute atomic E-state index is 12.2. The van der Waals surface area contributed by atoms with Crippen molar-refractivity contribution in [3.63, 3.8) is 0 Å². The van der Waals surface area contributed by atoms with Crippen molar-refractivity contribution in [1.29, 1.82) is 0 Å². The number of aromatic nitrogens is 2. The van der Waals surface area contributed by atoms with Gasteiger partial charge in [0.15, 0.2) is 0 Å². The molecule has 3 rings (SSSR count). The molecule has 2 aromatic rings. The summed E-state index contributed by atoms with van der Waals surface area (Å²) in [6.07, 6.45) is 4.19. The third-order valence-electron chi connectivity index (χ3n) is 5.46. The minimum atomic E-state index is -0.305. The quantitative estimate of drug-likeness (QED) is 0.789. The van der Waals surface area contributed by atoms with E-state index in [0.717, 1.165) is 48.8 Å². The molecule has 5 heteroatoms. The molecule has 0 atom stereocenters. The van der Waals surface area contributed by atoms with E-state index in [2.05, 4.69) is 33.6 Å². The van der Waals surface area contributed by atoms with E-state index in [1.807, 2.05) is 57.4 Å². The van der Waals surface area contributed by atoms with Crippen molar-refractivity contribution in [3.05, 3.63) is 42.2 Å². The van der Waals surface area contributed by atoms with Gasteiger partial charge in [0, 0.05) is 49.6 Å². The van der Waals surface area contributed by atoms with Crippen LogP contribution in [-0.4, -0.2) is 52.9 Å². The summed E-state index contributed by atoms with van der Waals surface area (Å²) in [5.41, 5.74) is 2.62. The lowest BCUT2D eigenvalue weighted by atomic mass is 9.87. The number of rotatable bonds is 5. The number of ketones is 1. The Hall–Kier alpha value is -2.27. The van der Waals surface area contributed by atoms with E-state index in [9.17, 15) is 4.79 Å². The highest BCUT2D eigenvalue weighted by Gasteiger charge is 2.21. The first-order valence-corrected chi connectivity index (χ1v) is 10.2. The Morgan fingerprint density at radius 3 is 2.14 bits per heavy atom. The molecule has 1 aliphatic heterocycles. The highest BCUT2D eigenvalue weighted by Crippen LogP contribution is 2.22. The van der Waals surface area contributed by atoms with Gasteiger partial charge < -0.3 is 4.90 Å². The Bertz CT molecular complexity index is 783. The van der Waals surface area contributed by atoms with Gasteiger partial charge in [0.25, 0.3) is 0 Å². The van der Waals surface area contributed by atoms with E-state index in [1.54, 1.807) is 0 Å². The van der Waals surface area contributed by atoms with Crippen LogP contribution in [-0.2, 0) is 11.2 Å². The number of Topliss-reactive ketones (excluding diaryl/α,β-unsaturated/α-hetero) is 1. The highest BCUT2D eigenvalue weighted by molar-refractivity contribution is 5.85. The fourth-order valence-corrected chi connectivity index (χ4v) is 3.34. The molecule has 0 bridgehead atoms. The number of carbonyl (C=O) groups is 1. The molecule has 0 N–H and O–H groups in total. The molecule has 0 unspecified atom stereocenters. The Morgan fingerprint density at radius 1 is 1.00 bits per heavy atom. The highest BCUT2D eigenvalue weighted by atomic mass is 16.1. The molecule has 28 heavy (non-hydrogen) atoms. The minimum absolute atomic E-state index is 0.252. The van der Waals surface area contributed by atoms with E-state index in [0.29, 0.717) is 12.5 Å². The minimum Gasteiger partial charge on any atom is -0.353 e. The number of nitrogens with zero attached hydrogens (tertiary/aromatic N) is 4. The summed E-state index contributed by atoms with van der Waals surface area (Å²) in [4.78, 5) is 26.3. The second-order valence-electron chi connectivity index (χ2n) is 8.92. The first-order chi connectivity index (χ1) is 13.2. The van der Waals surface area contributed by atoms with Crippen molar-refractivity contribution >= 4 is 11.6 Å². The third-order valence-corrected chi connectivity index (χ3v) is 5.46. The van der Waals surface area contributed by atoms with Gasteiger partial charge in [0.2, 0.25) is 0 Å². The zero-order valence-corrected chi connectivity index (χ0v) is 17.8. The smallest absolute Gasteiger partial charge is 0.147 e. The van der Waals surface area contributed by atoms with Crippen LogP contribution < -0.4 is 4.90 Å². The van der Waals surface area contributed by atoms with Gasteiger partial charge in [-0.3, -0.25) is 14.7 Å². The summed E-state index contributed by atoms with van der Waals surface area (Å²) >= 11 is 0. The molecule has 150 valence electrons. The molecule has 0 saturated carbocycles. The Morgan fingerprint density at radius 2 is 1.64 bits per heavy atom. The second kappa shape index (κ2) is 8.39. The first kappa shape index (κ1) is 20.5. The maximum Gasteiger partial charge on any atom is 0.147 e. The average Bonchev–Trinajstić information content (AvgIpc) is 2.68. The molecule has 0 aliphatic carbocycles. The summed E-state index contributed by atoms with van der Waals surface area (Å²) in [6, 6.07) is 8.67. The molecule has 1 aromatic carbocycles. The molecule has 1 aromatic heterocycles. The summed E-state index contributed by atoms with van der Waals surface area (Å²) in [7, 11) is 0. The van der Waals surface area contributed by atoms with Crippen LogP contribution in [0.15, 0.2) is 36.7 Å². The van der Waals surface area contributed by atoms with Crippen molar-refractivity contribution in [3.8, 4) is 11.3 Å². The lowest BCUT2D eigenvalue weighted by molar-refractivity contribution is -0.125. The molecular formula is C23H32N4O. The van der Waals surface area contributed by atoms with E-state index in [-0.39, 0.29) is 11.2 Å². The standard InChI is InChI=1S/C23H32N4O/c1-17(2)26-10-12-27(13-11-26)22-16-24-20(15-25-22)19-8-6-18(7-9-19)14-21(28)23(3,4)5/h6-9,15-17H,10-14H2,1-5H3. The summed E-state index contributed by atoms with van der Waals surface area (Å²) in [6.45, 7) is 14.5. The molecule has 0 amide bonds. The molecule has 1 fully saturated rings. The van der Waals surface area contributed by atoms with Crippen LogP contribution >= 0.6 is 0 Å². The second-order valence-corrected chi connectivity index (χ2v) is 8.92. The van der Waals surface area contributed by atoms with E-state index < -0.39 is 0 Å². The van der Waals surface area contributed by atoms with Gasteiger partial charge in [-0.2, -0.15) is 0 Å². The van der Waals surface area contributed by atoms with Gasteiger partial charge in [-0.1, -0.05) is 45.0 Å². The van der Waals surface area contributed by atoms with Gasteiger partial charge in [-0.25, -0.2) is 4.98 Å². The van der Waals surface area contributed by atoms with E-state index >= 15 is 0 Å². The van der Waals surface area contributed by atoms with Crippen LogP contribution in [0.25, 0.3) is 11.3 Å². The Kier molecular flexibility index (Phi) is 6.14. The SMILES string of the molecule is CC(C)N1CCN(c2cnc(-c3ccc(CC(=O)C(C)(C)C)cc3)cn2)CC1. The zero-order chi connectivity index (χ0) is 20.3. The fraction of sp³-hybridized carbons (Fsp3) is 0.522. The summed E-state index contributed by atoms with van der Waals surface area (Å²) < 4.78 is 0. The number of hydrogen-bond donors (Lipinski definition) is 0. The zero-order valence-electron chi connectivity index (χ0n) is 17.8. The number of benzene rings is 1. The predicted octanol–water partition coefficient (Wildman–Crippen LogP) is 3.83. The van der Waals surface area contributed by atoms with Gasteiger partial charge >= 0.3 is 0 Å². The average molecular weight is 381 g/mol. The molecule has 0 spiro atoms. The molecular weight excluding hydrogens is 348 g/mol. The fourth-order valence-electron chi connectivity index (χ4n) is 3.34. The number of carbonyl (C=O) groups excluding carboxylic acids is 1. The molecule has 1 saturated heterocycles. The van der Waals surface area contributed by atoms with Crippen LogP contribution in [0, 0.1) is 5.41 Å². The number of piperazine rings is 1. The number of hydrogen-bond acceptors (Lipinski definition) is 5. The van der Waals surface area contributed by atoms with Gasteiger partial charge in [0.05, 0.1) is 18.1 Å². The van der Waals surface area contributed by atoms with Crippen LogP contribution in [0.3, 0.4) is 0 Å².